The van der Waals surface area contributed by atoms with Crippen molar-refractivity contribution < 1.29 is 9.18 Å². The number of carbonyl (C=O) groups excluding carboxylic acids is 1. The molecule has 2 aliphatic rings. The first-order valence-electron chi connectivity index (χ1n) is 8.93. The molecular formula is C21H19FN2OS2. The minimum Gasteiger partial charge on any atom is -0.369 e. The van der Waals surface area contributed by atoms with Crippen molar-refractivity contribution in [2.24, 2.45) is 0 Å². The smallest absolute Gasteiger partial charge is 0.270 e. The molecule has 0 atom stereocenters. The number of benzene rings is 2. The van der Waals surface area contributed by atoms with Crippen LogP contribution in [0.25, 0.3) is 6.08 Å². The molecule has 0 N–H and O–H groups in total. The maximum absolute atomic E-state index is 14.7. The summed E-state index contributed by atoms with van der Waals surface area (Å²) in [4.78, 5) is 17.0. The van der Waals surface area contributed by atoms with Crippen LogP contribution in [0.4, 0.5) is 15.8 Å². The third-order valence-electron chi connectivity index (χ3n) is 4.88. The van der Waals surface area contributed by atoms with Crippen molar-refractivity contribution in [2.45, 2.75) is 19.8 Å². The van der Waals surface area contributed by atoms with Gasteiger partial charge in [-0.1, -0.05) is 42.2 Å². The second-order valence-corrected chi connectivity index (χ2v) is 8.38. The van der Waals surface area contributed by atoms with Crippen LogP contribution < -0.4 is 9.80 Å². The summed E-state index contributed by atoms with van der Waals surface area (Å²) in [5.74, 6) is -0.410. The van der Waals surface area contributed by atoms with Crippen LogP contribution in [0, 0.1) is 12.7 Å². The monoisotopic (exact) mass is 398 g/mol. The molecule has 0 spiro atoms. The highest BCUT2D eigenvalue weighted by Gasteiger charge is 2.33. The standard InChI is InChI=1S/C21H19FN2OS2/c1-14-11-18(23-9-5-6-10-23)17(22)12-15(14)13-19-20(25)24(21(26)27-19)16-7-3-2-4-8-16/h2-4,7-8,11-13H,5-6,9-10H2,1H3/b19-13-. The number of para-hydroxylation sites is 1. The van der Waals surface area contributed by atoms with Crippen LogP contribution in [0.15, 0.2) is 47.4 Å². The average molecular weight is 399 g/mol. The van der Waals surface area contributed by atoms with E-state index >= 15 is 0 Å². The van der Waals surface area contributed by atoms with E-state index in [-0.39, 0.29) is 11.7 Å². The fourth-order valence-electron chi connectivity index (χ4n) is 3.45. The normalized spacial score (nSPS) is 18.8. The van der Waals surface area contributed by atoms with Gasteiger partial charge in [-0.15, -0.1) is 0 Å². The summed E-state index contributed by atoms with van der Waals surface area (Å²) in [5.41, 5.74) is 3.06. The Morgan fingerprint density at radius 3 is 2.56 bits per heavy atom. The van der Waals surface area contributed by atoms with Gasteiger partial charge >= 0.3 is 0 Å². The largest absolute Gasteiger partial charge is 0.369 e. The van der Waals surface area contributed by atoms with Crippen LogP contribution in [-0.4, -0.2) is 23.3 Å². The summed E-state index contributed by atoms with van der Waals surface area (Å²) in [6.07, 6.45) is 3.94. The molecule has 0 radical (unpaired) electrons. The minimum atomic E-state index is -0.243. The number of amides is 1. The van der Waals surface area contributed by atoms with Crippen molar-refractivity contribution in [2.75, 3.05) is 22.9 Å². The highest BCUT2D eigenvalue weighted by Crippen LogP contribution is 2.37. The molecule has 6 heteroatoms. The van der Waals surface area contributed by atoms with Crippen LogP contribution in [-0.2, 0) is 4.79 Å². The number of aryl methyl sites for hydroxylation is 1. The highest BCUT2D eigenvalue weighted by molar-refractivity contribution is 8.27. The van der Waals surface area contributed by atoms with Crippen LogP contribution >= 0.6 is 24.0 Å². The van der Waals surface area contributed by atoms with Crippen molar-refractivity contribution in [3.8, 4) is 0 Å². The lowest BCUT2D eigenvalue weighted by molar-refractivity contribution is -0.113. The Labute approximate surface area is 167 Å². The van der Waals surface area contributed by atoms with Gasteiger partial charge in [0.2, 0.25) is 0 Å². The predicted molar refractivity (Wildman–Crippen MR) is 115 cm³/mol. The van der Waals surface area contributed by atoms with Gasteiger partial charge in [0.25, 0.3) is 5.91 Å². The zero-order chi connectivity index (χ0) is 19.0. The fourth-order valence-corrected chi connectivity index (χ4v) is 4.74. The number of anilines is 2. The zero-order valence-electron chi connectivity index (χ0n) is 14.9. The number of hydrogen-bond donors (Lipinski definition) is 0. The predicted octanol–water partition coefficient (Wildman–Crippen LogP) is 5.14. The summed E-state index contributed by atoms with van der Waals surface area (Å²) >= 11 is 6.64. The summed E-state index contributed by atoms with van der Waals surface area (Å²) in [5, 5.41) is 0. The number of halogens is 1. The van der Waals surface area contributed by atoms with E-state index in [1.165, 1.54) is 22.7 Å². The zero-order valence-corrected chi connectivity index (χ0v) is 16.6. The van der Waals surface area contributed by atoms with E-state index in [1.54, 1.807) is 6.08 Å². The highest BCUT2D eigenvalue weighted by atomic mass is 32.2. The lowest BCUT2D eigenvalue weighted by Crippen LogP contribution is -2.27. The third kappa shape index (κ3) is 3.51. The van der Waals surface area contributed by atoms with Gasteiger partial charge in [0.15, 0.2) is 4.32 Å². The molecule has 0 saturated carbocycles. The third-order valence-corrected chi connectivity index (χ3v) is 6.18. The summed E-state index contributed by atoms with van der Waals surface area (Å²) in [7, 11) is 0. The van der Waals surface area contributed by atoms with Gasteiger partial charge in [-0.05, 0) is 61.2 Å². The second kappa shape index (κ2) is 7.44. The molecule has 2 aromatic carbocycles. The number of rotatable bonds is 3. The molecular weight excluding hydrogens is 379 g/mol. The van der Waals surface area contributed by atoms with Crippen molar-refractivity contribution in [1.29, 1.82) is 0 Å². The molecule has 0 aliphatic carbocycles. The summed E-state index contributed by atoms with van der Waals surface area (Å²) in [6, 6.07) is 12.7. The molecule has 2 aliphatic heterocycles. The first kappa shape index (κ1) is 18.2. The molecule has 0 bridgehead atoms. The molecule has 27 heavy (non-hydrogen) atoms. The molecule has 4 rings (SSSR count). The molecule has 1 amide bonds. The van der Waals surface area contributed by atoms with Crippen molar-refractivity contribution >= 4 is 51.7 Å². The van der Waals surface area contributed by atoms with E-state index in [2.05, 4.69) is 4.90 Å². The number of carbonyl (C=O) groups is 1. The Hall–Kier alpha value is -2.18. The van der Waals surface area contributed by atoms with E-state index in [0.717, 1.165) is 37.2 Å². The quantitative estimate of drug-likeness (QED) is 0.528. The average Bonchev–Trinajstić information content (AvgIpc) is 3.27. The Morgan fingerprint density at radius 2 is 1.85 bits per heavy atom. The topological polar surface area (TPSA) is 23.6 Å². The van der Waals surface area contributed by atoms with Gasteiger partial charge in [-0.25, -0.2) is 4.39 Å². The molecule has 2 aromatic rings. The second-order valence-electron chi connectivity index (χ2n) is 6.71. The van der Waals surface area contributed by atoms with E-state index in [9.17, 15) is 9.18 Å². The first-order valence-corrected chi connectivity index (χ1v) is 10.1. The molecule has 0 aromatic heterocycles. The van der Waals surface area contributed by atoms with Gasteiger partial charge in [-0.2, -0.15) is 0 Å². The number of nitrogens with zero attached hydrogens (tertiary/aromatic N) is 2. The number of thiocarbonyl (C=S) groups is 1. The summed E-state index contributed by atoms with van der Waals surface area (Å²) in [6.45, 7) is 3.74. The van der Waals surface area contributed by atoms with Crippen molar-refractivity contribution in [3.63, 3.8) is 0 Å². The van der Waals surface area contributed by atoms with E-state index in [4.69, 9.17) is 12.2 Å². The van der Waals surface area contributed by atoms with Gasteiger partial charge in [0, 0.05) is 13.1 Å². The van der Waals surface area contributed by atoms with Crippen LogP contribution in [0.3, 0.4) is 0 Å². The lowest BCUT2D eigenvalue weighted by atomic mass is 10.1. The van der Waals surface area contributed by atoms with Gasteiger partial charge in [0.1, 0.15) is 5.82 Å². The number of thioether (sulfide) groups is 1. The molecule has 138 valence electrons. The van der Waals surface area contributed by atoms with Crippen LogP contribution in [0.5, 0.6) is 0 Å². The van der Waals surface area contributed by atoms with E-state index in [0.29, 0.717) is 20.5 Å². The summed E-state index contributed by atoms with van der Waals surface area (Å²) < 4.78 is 15.2. The minimum absolute atomic E-state index is 0.167. The lowest BCUT2D eigenvalue weighted by Gasteiger charge is -2.19. The van der Waals surface area contributed by atoms with Crippen molar-refractivity contribution in [1.82, 2.24) is 0 Å². The Bertz CT molecular complexity index is 937. The molecule has 2 fully saturated rings. The first-order chi connectivity index (χ1) is 13.0. The molecule has 2 heterocycles. The Morgan fingerprint density at radius 1 is 1.15 bits per heavy atom. The molecule has 0 unspecified atom stereocenters. The van der Waals surface area contributed by atoms with Crippen molar-refractivity contribution in [3.05, 3.63) is 64.3 Å². The van der Waals surface area contributed by atoms with Gasteiger partial charge < -0.3 is 4.90 Å². The maximum atomic E-state index is 14.7. The Kier molecular flexibility index (Phi) is 5.02. The van der Waals surface area contributed by atoms with Gasteiger partial charge in [-0.3, -0.25) is 9.69 Å². The SMILES string of the molecule is Cc1cc(N2CCCC2)c(F)cc1/C=C1\SC(=S)N(c2ccccc2)C1=O. The molecule has 2 saturated heterocycles. The number of hydrogen-bond acceptors (Lipinski definition) is 4. The van der Waals surface area contributed by atoms with Crippen LogP contribution in [0.2, 0.25) is 0 Å². The van der Waals surface area contributed by atoms with Crippen LogP contribution in [0.1, 0.15) is 24.0 Å². The van der Waals surface area contributed by atoms with E-state index < -0.39 is 0 Å². The maximum Gasteiger partial charge on any atom is 0.270 e. The fraction of sp³-hybridized carbons (Fsp3) is 0.238. The Balaban J connectivity index is 1.65. The van der Waals surface area contributed by atoms with E-state index in [1.807, 2.05) is 43.3 Å². The molecule has 3 nitrogen and oxygen atoms in total. The van der Waals surface area contributed by atoms with Gasteiger partial charge in [0.05, 0.1) is 16.3 Å².